The molecule has 5 nitrogen and oxygen atoms in total. The summed E-state index contributed by atoms with van der Waals surface area (Å²) < 4.78 is 19.9. The fraction of sp³-hybridized carbons (Fsp3) is 0.273. The summed E-state index contributed by atoms with van der Waals surface area (Å²) in [6.45, 7) is 2.92. The molecule has 8 heteroatoms. The molecule has 2 aromatic rings. The van der Waals surface area contributed by atoms with Crippen molar-refractivity contribution in [2.45, 2.75) is 26.4 Å². The highest BCUT2D eigenvalue weighted by atomic mass is 35.5. The summed E-state index contributed by atoms with van der Waals surface area (Å²) >= 11 is 12.6. The smallest absolute Gasteiger partial charge is 0.256 e. The maximum absolute atomic E-state index is 14.4. The third-order valence-electron chi connectivity index (χ3n) is 5.11. The molecule has 0 bridgehead atoms. The highest BCUT2D eigenvalue weighted by molar-refractivity contribution is 6.39. The van der Waals surface area contributed by atoms with E-state index in [4.69, 9.17) is 27.9 Å². The summed E-state index contributed by atoms with van der Waals surface area (Å²) in [7, 11) is 1.42. The number of ether oxygens (including phenoxy) is 1. The van der Waals surface area contributed by atoms with Crippen LogP contribution in [-0.2, 0) is 16.0 Å². The lowest BCUT2D eigenvalue weighted by Gasteiger charge is -2.21. The molecule has 1 aliphatic rings. The number of aliphatic hydroxyl groups excluding tert-OH is 1. The lowest BCUT2D eigenvalue weighted by Crippen LogP contribution is -2.38. The predicted molar refractivity (Wildman–Crippen MR) is 113 cm³/mol. The molecule has 1 atom stereocenters. The number of aliphatic hydroxyl groups is 1. The number of halogens is 3. The maximum atomic E-state index is 14.4. The molecular weight excluding hydrogens is 432 g/mol. The SMILES string of the molecule is COc1c(CC(O)CN2C(=O)C(C)=C(C)C2=O)cc(F)cc1-c1c(Cl)cccc1Cl. The monoisotopic (exact) mass is 451 g/mol. The Labute approximate surface area is 183 Å². The van der Waals surface area contributed by atoms with Gasteiger partial charge in [0.25, 0.3) is 11.8 Å². The molecule has 1 N–H and O–H groups in total. The van der Waals surface area contributed by atoms with Crippen LogP contribution in [0.15, 0.2) is 41.5 Å². The number of rotatable bonds is 6. The van der Waals surface area contributed by atoms with Gasteiger partial charge in [-0.05, 0) is 38.1 Å². The molecule has 0 aliphatic carbocycles. The topological polar surface area (TPSA) is 66.8 Å². The van der Waals surface area contributed by atoms with Gasteiger partial charge in [0.05, 0.1) is 29.8 Å². The van der Waals surface area contributed by atoms with Crippen LogP contribution in [-0.4, -0.2) is 41.6 Å². The van der Waals surface area contributed by atoms with Gasteiger partial charge in [-0.15, -0.1) is 0 Å². The third-order valence-corrected chi connectivity index (χ3v) is 5.74. The van der Waals surface area contributed by atoms with Crippen molar-refractivity contribution in [3.63, 3.8) is 0 Å². The number of nitrogens with zero attached hydrogens (tertiary/aromatic N) is 1. The number of methoxy groups -OCH3 is 1. The van der Waals surface area contributed by atoms with Crippen molar-refractivity contribution in [2.24, 2.45) is 0 Å². The van der Waals surface area contributed by atoms with Crippen molar-refractivity contribution in [1.82, 2.24) is 4.90 Å². The largest absolute Gasteiger partial charge is 0.496 e. The second-order valence-electron chi connectivity index (χ2n) is 7.07. The van der Waals surface area contributed by atoms with E-state index in [1.54, 1.807) is 32.0 Å². The number of carbonyl (C=O) groups excluding carboxylic acids is 2. The van der Waals surface area contributed by atoms with Crippen molar-refractivity contribution in [3.8, 4) is 16.9 Å². The van der Waals surface area contributed by atoms with E-state index in [1.165, 1.54) is 19.2 Å². The number of amides is 2. The van der Waals surface area contributed by atoms with Gasteiger partial charge in [0.2, 0.25) is 0 Å². The first-order valence-corrected chi connectivity index (χ1v) is 9.93. The van der Waals surface area contributed by atoms with Crippen LogP contribution in [0.4, 0.5) is 4.39 Å². The third kappa shape index (κ3) is 4.08. The molecule has 1 aliphatic heterocycles. The molecular formula is C22H20Cl2FNO4. The zero-order valence-corrected chi connectivity index (χ0v) is 18.1. The van der Waals surface area contributed by atoms with Crippen LogP contribution in [0.25, 0.3) is 11.1 Å². The molecule has 0 spiro atoms. The zero-order valence-electron chi connectivity index (χ0n) is 16.6. The Morgan fingerprint density at radius 3 is 2.20 bits per heavy atom. The van der Waals surface area contributed by atoms with Gasteiger partial charge >= 0.3 is 0 Å². The number of hydrogen-bond donors (Lipinski definition) is 1. The van der Waals surface area contributed by atoms with Crippen LogP contribution in [0.2, 0.25) is 10.0 Å². The lowest BCUT2D eigenvalue weighted by atomic mass is 9.97. The minimum Gasteiger partial charge on any atom is -0.496 e. The van der Waals surface area contributed by atoms with Gasteiger partial charge in [0.15, 0.2) is 0 Å². The molecule has 0 saturated carbocycles. The lowest BCUT2D eigenvalue weighted by molar-refractivity contribution is -0.139. The minimum atomic E-state index is -1.12. The van der Waals surface area contributed by atoms with Crippen molar-refractivity contribution in [2.75, 3.05) is 13.7 Å². The van der Waals surface area contributed by atoms with E-state index in [0.717, 1.165) is 4.90 Å². The molecule has 0 fully saturated rings. The summed E-state index contributed by atoms with van der Waals surface area (Å²) in [5.74, 6) is -1.14. The van der Waals surface area contributed by atoms with Gasteiger partial charge < -0.3 is 9.84 Å². The number of carbonyl (C=O) groups is 2. The summed E-state index contributed by atoms with van der Waals surface area (Å²) in [5, 5.41) is 11.2. The number of hydrogen-bond acceptors (Lipinski definition) is 4. The average molecular weight is 452 g/mol. The molecule has 2 amide bonds. The first-order chi connectivity index (χ1) is 14.1. The Bertz CT molecular complexity index is 1020. The van der Waals surface area contributed by atoms with E-state index >= 15 is 0 Å². The van der Waals surface area contributed by atoms with E-state index in [9.17, 15) is 19.1 Å². The second kappa shape index (κ2) is 8.76. The Morgan fingerprint density at radius 1 is 1.10 bits per heavy atom. The highest BCUT2D eigenvalue weighted by Gasteiger charge is 2.34. The van der Waals surface area contributed by atoms with Crippen molar-refractivity contribution >= 4 is 35.0 Å². The normalized spacial score (nSPS) is 15.2. The molecule has 0 aromatic heterocycles. The molecule has 0 radical (unpaired) electrons. The van der Waals surface area contributed by atoms with Crippen molar-refractivity contribution in [1.29, 1.82) is 0 Å². The first-order valence-electron chi connectivity index (χ1n) is 9.18. The van der Waals surface area contributed by atoms with Crippen LogP contribution < -0.4 is 4.74 Å². The summed E-state index contributed by atoms with van der Waals surface area (Å²) in [5.41, 5.74) is 1.82. The van der Waals surface area contributed by atoms with Gasteiger partial charge in [0, 0.05) is 34.3 Å². The summed E-state index contributed by atoms with van der Waals surface area (Å²) in [6, 6.07) is 7.42. The van der Waals surface area contributed by atoms with Crippen LogP contribution in [0, 0.1) is 5.82 Å². The van der Waals surface area contributed by atoms with Crippen molar-refractivity contribution < 1.29 is 23.8 Å². The van der Waals surface area contributed by atoms with Gasteiger partial charge in [-0.25, -0.2) is 4.39 Å². The average Bonchev–Trinajstić information content (AvgIpc) is 2.85. The fourth-order valence-corrected chi connectivity index (χ4v) is 4.10. The van der Waals surface area contributed by atoms with Crippen LogP contribution >= 0.6 is 23.2 Å². The van der Waals surface area contributed by atoms with E-state index in [2.05, 4.69) is 0 Å². The number of β-amino-alcohol motifs (C(OH)–C–C–N with tert-alkyl or cyclic N) is 1. The fourth-order valence-electron chi connectivity index (χ4n) is 3.50. The zero-order chi connectivity index (χ0) is 22.2. The summed E-state index contributed by atoms with van der Waals surface area (Å²) in [4.78, 5) is 25.4. The molecule has 30 heavy (non-hydrogen) atoms. The Hall–Kier alpha value is -2.41. The Balaban J connectivity index is 1.93. The highest BCUT2D eigenvalue weighted by Crippen LogP contribution is 2.42. The Kier molecular flexibility index (Phi) is 6.50. The number of benzene rings is 2. The quantitative estimate of drug-likeness (QED) is 0.660. The molecule has 2 aromatic carbocycles. The van der Waals surface area contributed by atoms with E-state index in [-0.39, 0.29) is 13.0 Å². The molecule has 0 saturated heterocycles. The molecule has 1 heterocycles. The molecule has 1 unspecified atom stereocenters. The molecule has 158 valence electrons. The maximum Gasteiger partial charge on any atom is 0.256 e. The second-order valence-corrected chi connectivity index (χ2v) is 7.89. The van der Waals surface area contributed by atoms with Gasteiger partial charge in [-0.3, -0.25) is 14.5 Å². The van der Waals surface area contributed by atoms with Gasteiger partial charge in [-0.1, -0.05) is 29.3 Å². The molecule has 3 rings (SSSR count). The van der Waals surface area contributed by atoms with Crippen LogP contribution in [0.3, 0.4) is 0 Å². The van der Waals surface area contributed by atoms with E-state index in [1.807, 2.05) is 0 Å². The van der Waals surface area contributed by atoms with Gasteiger partial charge in [-0.2, -0.15) is 0 Å². The predicted octanol–water partition coefficient (Wildman–Crippen LogP) is 4.42. The first kappa shape index (κ1) is 22.3. The van der Waals surface area contributed by atoms with E-state index < -0.39 is 23.7 Å². The summed E-state index contributed by atoms with van der Waals surface area (Å²) in [6.07, 6.45) is -1.17. The Morgan fingerprint density at radius 2 is 1.67 bits per heavy atom. The number of imide groups is 1. The van der Waals surface area contributed by atoms with Crippen molar-refractivity contribution in [3.05, 3.63) is 62.9 Å². The van der Waals surface area contributed by atoms with Crippen LogP contribution in [0.5, 0.6) is 5.75 Å². The standard InChI is InChI=1S/C22H20Cl2FNO4/c1-11-12(2)22(29)26(21(11)28)10-15(27)8-13-7-14(25)9-16(20(13)30-3)19-17(23)5-4-6-18(19)24/h4-7,9,15,27H,8,10H2,1-3H3. The van der Waals surface area contributed by atoms with Gasteiger partial charge in [0.1, 0.15) is 11.6 Å². The van der Waals surface area contributed by atoms with E-state index in [0.29, 0.717) is 43.6 Å². The minimum absolute atomic E-state index is 0.0504. The van der Waals surface area contributed by atoms with Crippen LogP contribution in [0.1, 0.15) is 19.4 Å².